The van der Waals surface area contributed by atoms with Gasteiger partial charge in [0, 0.05) is 19.6 Å². The molecule has 1 atom stereocenters. The molecule has 0 bridgehead atoms. The highest BCUT2D eigenvalue weighted by atomic mass is 16.1. The van der Waals surface area contributed by atoms with E-state index in [9.17, 15) is 4.79 Å². The van der Waals surface area contributed by atoms with Crippen molar-refractivity contribution < 1.29 is 4.79 Å². The third-order valence-corrected chi connectivity index (χ3v) is 4.36. The minimum Gasteiger partial charge on any atom is -0.350 e. The fraction of sp³-hybridized carbons (Fsp3) is 0.471. The lowest BCUT2D eigenvalue weighted by Crippen LogP contribution is -2.41. The first-order valence-electron chi connectivity index (χ1n) is 8.21. The van der Waals surface area contributed by atoms with Crippen LogP contribution in [0.2, 0.25) is 0 Å². The Labute approximate surface area is 136 Å². The van der Waals surface area contributed by atoms with Gasteiger partial charge >= 0.3 is 0 Å². The summed E-state index contributed by atoms with van der Waals surface area (Å²) in [5.74, 6) is 0.357. The summed E-state index contributed by atoms with van der Waals surface area (Å²) in [6.07, 6.45) is 4.89. The van der Waals surface area contributed by atoms with E-state index in [4.69, 9.17) is 0 Å². The standard InChI is InChI=1S/C17H23N5O/c23-17(16-12-19-21-20-16)18-11-15-7-4-9-22(13-15)10-8-14-5-2-1-3-6-14/h1-3,5-6,12,15H,4,7-11,13H2,(H,18,23)(H,19,20,21)/t15-/m1/s1. The summed E-state index contributed by atoms with van der Waals surface area (Å²) in [6, 6.07) is 10.6. The van der Waals surface area contributed by atoms with E-state index >= 15 is 0 Å². The molecule has 3 rings (SSSR count). The summed E-state index contributed by atoms with van der Waals surface area (Å²) in [6.45, 7) is 3.98. The largest absolute Gasteiger partial charge is 0.350 e. The zero-order valence-corrected chi connectivity index (χ0v) is 13.2. The Morgan fingerprint density at radius 1 is 1.35 bits per heavy atom. The van der Waals surface area contributed by atoms with Crippen LogP contribution < -0.4 is 5.32 Å². The van der Waals surface area contributed by atoms with Gasteiger partial charge in [-0.25, -0.2) is 0 Å². The number of H-pyrrole nitrogens is 1. The van der Waals surface area contributed by atoms with Crippen molar-refractivity contribution in [2.45, 2.75) is 19.3 Å². The Bertz CT molecular complexity index is 599. The molecule has 0 radical (unpaired) electrons. The zero-order valence-electron chi connectivity index (χ0n) is 13.2. The molecule has 2 N–H and O–H groups in total. The van der Waals surface area contributed by atoms with E-state index in [1.165, 1.54) is 24.6 Å². The Kier molecular flexibility index (Phi) is 5.37. The first-order chi connectivity index (χ1) is 11.3. The maximum Gasteiger partial charge on any atom is 0.273 e. The lowest BCUT2D eigenvalue weighted by molar-refractivity contribution is 0.0927. The van der Waals surface area contributed by atoms with E-state index < -0.39 is 0 Å². The quantitative estimate of drug-likeness (QED) is 0.847. The van der Waals surface area contributed by atoms with Crippen LogP contribution in [-0.2, 0) is 6.42 Å². The second-order valence-electron chi connectivity index (χ2n) is 6.11. The van der Waals surface area contributed by atoms with Gasteiger partial charge in [0.1, 0.15) is 0 Å². The number of rotatable bonds is 6. The van der Waals surface area contributed by atoms with Gasteiger partial charge < -0.3 is 10.2 Å². The molecule has 6 heteroatoms. The van der Waals surface area contributed by atoms with Crippen molar-refractivity contribution in [1.29, 1.82) is 0 Å². The minimum absolute atomic E-state index is 0.153. The van der Waals surface area contributed by atoms with Gasteiger partial charge in [-0.2, -0.15) is 15.4 Å². The van der Waals surface area contributed by atoms with Crippen LogP contribution in [0.4, 0.5) is 0 Å². The predicted molar refractivity (Wildman–Crippen MR) is 88.0 cm³/mol. The fourth-order valence-corrected chi connectivity index (χ4v) is 3.09. The molecule has 0 spiro atoms. The van der Waals surface area contributed by atoms with E-state index in [2.05, 4.69) is 56.0 Å². The van der Waals surface area contributed by atoms with Crippen molar-refractivity contribution in [1.82, 2.24) is 25.6 Å². The second-order valence-corrected chi connectivity index (χ2v) is 6.11. The number of carbonyl (C=O) groups excluding carboxylic acids is 1. The van der Waals surface area contributed by atoms with Gasteiger partial charge in [-0.3, -0.25) is 4.79 Å². The number of amides is 1. The number of hydrogen-bond donors (Lipinski definition) is 2. The molecular weight excluding hydrogens is 290 g/mol. The summed E-state index contributed by atoms with van der Waals surface area (Å²) < 4.78 is 0. The number of likely N-dealkylation sites (tertiary alicyclic amines) is 1. The van der Waals surface area contributed by atoms with E-state index in [0.717, 1.165) is 26.1 Å². The van der Waals surface area contributed by atoms with Gasteiger partial charge in [-0.05, 0) is 37.3 Å². The van der Waals surface area contributed by atoms with Gasteiger partial charge in [0.2, 0.25) is 0 Å². The third-order valence-electron chi connectivity index (χ3n) is 4.36. The van der Waals surface area contributed by atoms with Crippen LogP contribution in [0, 0.1) is 5.92 Å². The van der Waals surface area contributed by atoms with Crippen molar-refractivity contribution in [3.63, 3.8) is 0 Å². The molecule has 1 amide bonds. The normalized spacial score (nSPS) is 18.7. The van der Waals surface area contributed by atoms with Crippen LogP contribution in [0.25, 0.3) is 0 Å². The molecule has 2 aromatic rings. The lowest BCUT2D eigenvalue weighted by atomic mass is 9.97. The third kappa shape index (κ3) is 4.63. The first kappa shape index (κ1) is 15.7. The SMILES string of the molecule is O=C(NC[C@H]1CCCN(CCc2ccccc2)C1)c1cn[nH]n1. The first-order valence-corrected chi connectivity index (χ1v) is 8.21. The number of aromatic amines is 1. The smallest absolute Gasteiger partial charge is 0.273 e. The number of hydrogen-bond acceptors (Lipinski definition) is 4. The number of carbonyl (C=O) groups is 1. The van der Waals surface area contributed by atoms with E-state index in [0.29, 0.717) is 18.2 Å². The van der Waals surface area contributed by atoms with Crippen LogP contribution in [0.3, 0.4) is 0 Å². The molecule has 1 saturated heterocycles. The molecule has 0 unspecified atom stereocenters. The molecule has 122 valence electrons. The molecule has 2 heterocycles. The predicted octanol–water partition coefficient (Wildman–Crippen LogP) is 1.49. The summed E-state index contributed by atoms with van der Waals surface area (Å²) in [5, 5.41) is 12.9. The van der Waals surface area contributed by atoms with Gasteiger partial charge in [0.15, 0.2) is 5.69 Å². The Morgan fingerprint density at radius 2 is 2.22 bits per heavy atom. The molecule has 6 nitrogen and oxygen atoms in total. The molecular formula is C17H23N5O. The number of aromatic nitrogens is 3. The highest BCUT2D eigenvalue weighted by molar-refractivity contribution is 5.91. The Hall–Kier alpha value is -2.21. The van der Waals surface area contributed by atoms with Crippen molar-refractivity contribution in [3.8, 4) is 0 Å². The molecule has 1 aromatic carbocycles. The molecule has 1 fully saturated rings. The van der Waals surface area contributed by atoms with E-state index in [1.54, 1.807) is 0 Å². The molecule has 0 saturated carbocycles. The number of nitrogens with zero attached hydrogens (tertiary/aromatic N) is 3. The maximum atomic E-state index is 11.9. The number of nitrogens with one attached hydrogen (secondary N) is 2. The van der Waals surface area contributed by atoms with Crippen molar-refractivity contribution in [2.75, 3.05) is 26.2 Å². The highest BCUT2D eigenvalue weighted by Crippen LogP contribution is 2.16. The van der Waals surface area contributed by atoms with Gasteiger partial charge in [0.05, 0.1) is 6.20 Å². The average molecular weight is 313 g/mol. The summed E-state index contributed by atoms with van der Waals surface area (Å²) in [5.41, 5.74) is 1.73. The van der Waals surface area contributed by atoms with Gasteiger partial charge in [-0.1, -0.05) is 30.3 Å². The van der Waals surface area contributed by atoms with Crippen LogP contribution in [0.5, 0.6) is 0 Å². The van der Waals surface area contributed by atoms with Crippen LogP contribution in [0.15, 0.2) is 36.5 Å². The number of benzene rings is 1. The van der Waals surface area contributed by atoms with Crippen molar-refractivity contribution in [3.05, 3.63) is 47.8 Å². The average Bonchev–Trinajstić information content (AvgIpc) is 3.14. The van der Waals surface area contributed by atoms with Crippen molar-refractivity contribution >= 4 is 5.91 Å². The monoisotopic (exact) mass is 313 g/mol. The fourth-order valence-electron chi connectivity index (χ4n) is 3.09. The summed E-state index contributed by atoms with van der Waals surface area (Å²) >= 11 is 0. The topological polar surface area (TPSA) is 73.9 Å². The van der Waals surface area contributed by atoms with Crippen LogP contribution in [-0.4, -0.2) is 52.4 Å². The van der Waals surface area contributed by atoms with E-state index in [-0.39, 0.29) is 5.91 Å². The molecule has 1 aromatic heterocycles. The van der Waals surface area contributed by atoms with Crippen LogP contribution in [0.1, 0.15) is 28.9 Å². The summed E-state index contributed by atoms with van der Waals surface area (Å²) in [7, 11) is 0. The highest BCUT2D eigenvalue weighted by Gasteiger charge is 2.20. The van der Waals surface area contributed by atoms with E-state index in [1.807, 2.05) is 0 Å². The zero-order chi connectivity index (χ0) is 15.9. The second kappa shape index (κ2) is 7.87. The van der Waals surface area contributed by atoms with Gasteiger partial charge in [-0.15, -0.1) is 0 Å². The minimum atomic E-state index is -0.153. The summed E-state index contributed by atoms with van der Waals surface area (Å²) in [4.78, 5) is 14.4. The lowest BCUT2D eigenvalue weighted by Gasteiger charge is -2.32. The number of piperidine rings is 1. The van der Waals surface area contributed by atoms with Crippen LogP contribution >= 0.6 is 0 Å². The van der Waals surface area contributed by atoms with Crippen molar-refractivity contribution in [2.24, 2.45) is 5.92 Å². The molecule has 1 aliphatic rings. The molecule has 0 aliphatic carbocycles. The Balaban J connectivity index is 1.42. The molecule has 1 aliphatic heterocycles. The maximum absolute atomic E-state index is 11.9. The van der Waals surface area contributed by atoms with Gasteiger partial charge in [0.25, 0.3) is 5.91 Å². The molecule has 23 heavy (non-hydrogen) atoms. The Morgan fingerprint density at radius 3 is 3.00 bits per heavy atom.